The number of ketones is 5. The Morgan fingerprint density at radius 3 is 1.53 bits per heavy atom. The van der Waals surface area contributed by atoms with Gasteiger partial charge in [0.1, 0.15) is 34.7 Å². The lowest BCUT2D eigenvalue weighted by Gasteiger charge is -2.32. The van der Waals surface area contributed by atoms with Gasteiger partial charge in [-0.3, -0.25) is 48.9 Å². The molecule has 4 aliphatic rings. The van der Waals surface area contributed by atoms with Crippen LogP contribution in [0.15, 0.2) is 256 Å². The van der Waals surface area contributed by atoms with Crippen molar-refractivity contribution in [2.24, 2.45) is 29.4 Å². The number of piperidine rings is 1. The molecular formula is C109H123Cl2FN10O5. The second-order valence-corrected chi connectivity index (χ2v) is 36.0. The molecule has 8 aromatic carbocycles. The molecule has 15 nitrogen and oxygen atoms in total. The summed E-state index contributed by atoms with van der Waals surface area (Å²) in [4.78, 5) is 90.9. The quantitative estimate of drug-likeness (QED) is 0.0383. The highest BCUT2D eigenvalue weighted by Crippen LogP contribution is 2.40. The number of fused-ring (bicyclic) bond motifs is 5. The summed E-state index contributed by atoms with van der Waals surface area (Å²) >= 11 is 13.0. The highest BCUT2D eigenvalue weighted by atomic mass is 35.5. The minimum absolute atomic E-state index is 0.0256. The third-order valence-corrected chi connectivity index (χ3v) is 27.4. The molecule has 7 heterocycles. The van der Waals surface area contributed by atoms with Gasteiger partial charge in [-0.2, -0.15) is 0 Å². The summed E-state index contributed by atoms with van der Waals surface area (Å²) in [6, 6.07) is 63.8. The van der Waals surface area contributed by atoms with E-state index in [1.807, 2.05) is 185 Å². The summed E-state index contributed by atoms with van der Waals surface area (Å²) in [5, 5.41) is 17.9. The van der Waals surface area contributed by atoms with E-state index >= 15 is 0 Å². The predicted octanol–water partition coefficient (Wildman–Crippen LogP) is 22.1. The van der Waals surface area contributed by atoms with Crippen molar-refractivity contribution in [3.05, 3.63) is 316 Å². The number of benzene rings is 8. The van der Waals surface area contributed by atoms with Crippen LogP contribution in [0.5, 0.6) is 0 Å². The zero-order valence-electron chi connectivity index (χ0n) is 74.3. The van der Waals surface area contributed by atoms with E-state index in [4.69, 9.17) is 28.9 Å². The molecule has 4 fully saturated rings. The number of hydrogen-bond donors (Lipinski definition) is 3. The predicted molar refractivity (Wildman–Crippen MR) is 517 cm³/mol. The van der Waals surface area contributed by atoms with Crippen molar-refractivity contribution in [3.8, 4) is 0 Å². The molecule has 2 aliphatic carbocycles. The Morgan fingerprint density at radius 1 is 0.480 bits per heavy atom. The van der Waals surface area contributed by atoms with Gasteiger partial charge in [-0.05, 0) is 233 Å². The van der Waals surface area contributed by atoms with E-state index in [0.717, 1.165) is 152 Å². The first-order valence-electron chi connectivity index (χ1n) is 45.9. The van der Waals surface area contributed by atoms with Crippen LogP contribution in [-0.4, -0.2) is 135 Å². The van der Waals surface area contributed by atoms with Crippen LogP contribution in [0.25, 0.3) is 53.9 Å². The number of nitrogens with zero attached hydrogens (tertiary/aromatic N) is 7. The summed E-state index contributed by atoms with van der Waals surface area (Å²) < 4.78 is 14.9. The number of aromatic nitrogens is 5. The Morgan fingerprint density at radius 2 is 0.961 bits per heavy atom. The van der Waals surface area contributed by atoms with Gasteiger partial charge < -0.3 is 26.2 Å². The molecule has 4 N–H and O–H groups in total. The second kappa shape index (κ2) is 47.5. The Bertz CT molecular complexity index is 5750. The first kappa shape index (κ1) is 94.1. The summed E-state index contributed by atoms with van der Waals surface area (Å²) in [5.74, 6) is 1.50. The van der Waals surface area contributed by atoms with E-state index in [2.05, 4.69) is 95.6 Å². The summed E-state index contributed by atoms with van der Waals surface area (Å²) in [6.45, 7) is 11.9. The first-order valence-corrected chi connectivity index (χ1v) is 46.7. The van der Waals surface area contributed by atoms with E-state index in [1.54, 1.807) is 55.5 Å². The fraction of sp³-hybridized carbons (Fsp3) is 0.376. The van der Waals surface area contributed by atoms with E-state index < -0.39 is 0 Å². The summed E-state index contributed by atoms with van der Waals surface area (Å²) in [5.41, 5.74) is 13.8. The number of hydrogen-bond acceptors (Lipinski definition) is 15. The zero-order valence-corrected chi connectivity index (χ0v) is 75.8. The van der Waals surface area contributed by atoms with E-state index in [0.29, 0.717) is 76.1 Å². The molecule has 127 heavy (non-hydrogen) atoms. The molecule has 0 bridgehead atoms. The highest BCUT2D eigenvalue weighted by Gasteiger charge is 2.39. The normalized spacial score (nSPS) is 16.6. The SMILES string of the molecule is CC(N)[C@@H](C(=O)Cc1cc2ccncc2cc1Cl)C1CCCCC1.CCN(C)C(C)[C@@H](C(=O)Cc1ccc2cnccc2c1F)c1ccccc1.CNCC[C@H](C(=O)Cc1ccc2cnccc2c1)c1ccccc1.O=C(Cc1ccc2cnccc2c1)[C@H](CN1CCCCC1)c1ccccc1.O=C(Cc1ccc2cnccc2c1Cl)[C@@H](C1CCCC1)C1CCCN1. The summed E-state index contributed by atoms with van der Waals surface area (Å²) in [6.07, 6.45) is 37.3. The molecule has 2 saturated heterocycles. The van der Waals surface area contributed by atoms with Gasteiger partial charge in [0.25, 0.3) is 0 Å². The van der Waals surface area contributed by atoms with Gasteiger partial charge >= 0.3 is 0 Å². The number of nitrogens with one attached hydrogen (secondary N) is 2. The van der Waals surface area contributed by atoms with Crippen molar-refractivity contribution in [2.45, 2.75) is 185 Å². The number of Topliss-reactive ketones (excluding diaryl/α,β-unsaturated/α-hetero) is 5. The van der Waals surface area contributed by atoms with Crippen molar-refractivity contribution in [1.29, 1.82) is 0 Å². The van der Waals surface area contributed by atoms with Gasteiger partial charge in [0.2, 0.25) is 0 Å². The third-order valence-electron chi connectivity index (χ3n) is 26.6. The van der Waals surface area contributed by atoms with Crippen molar-refractivity contribution in [2.75, 3.05) is 53.4 Å². The van der Waals surface area contributed by atoms with Gasteiger partial charge in [-0.25, -0.2) is 4.39 Å². The number of nitrogens with two attached hydrogens (primary N) is 1. The van der Waals surface area contributed by atoms with Gasteiger partial charge in [-0.1, -0.05) is 220 Å². The molecular weight excluding hydrogens is 1620 g/mol. The third kappa shape index (κ3) is 25.7. The minimum atomic E-state index is -0.327. The largest absolute Gasteiger partial charge is 0.327 e. The number of carbonyl (C=O) groups excluding carboxylic acids is 5. The van der Waals surface area contributed by atoms with E-state index in [-0.39, 0.29) is 71.3 Å². The van der Waals surface area contributed by atoms with Crippen LogP contribution in [-0.2, 0) is 56.1 Å². The van der Waals surface area contributed by atoms with Crippen LogP contribution in [0.2, 0.25) is 10.0 Å². The van der Waals surface area contributed by atoms with Gasteiger partial charge in [0, 0.05) is 179 Å². The topological polar surface area (TPSA) is 206 Å². The lowest BCUT2D eigenvalue weighted by atomic mass is 9.74. The Hall–Kier alpha value is -10.5. The number of likely N-dealkylation sites (tertiary alicyclic amines) is 1. The van der Waals surface area contributed by atoms with Crippen LogP contribution in [0.4, 0.5) is 4.39 Å². The molecule has 2 saturated carbocycles. The number of pyridine rings is 5. The fourth-order valence-corrected chi connectivity index (χ4v) is 20.0. The van der Waals surface area contributed by atoms with Crippen LogP contribution >= 0.6 is 23.2 Å². The molecule has 660 valence electrons. The maximum Gasteiger partial charge on any atom is 0.146 e. The van der Waals surface area contributed by atoms with Crippen LogP contribution in [0.1, 0.15) is 179 Å². The lowest BCUT2D eigenvalue weighted by molar-refractivity contribution is -0.125. The number of likely N-dealkylation sites (N-methyl/N-ethyl adjacent to an activating group) is 1. The maximum absolute atomic E-state index is 14.9. The molecule has 18 heteroatoms. The molecule has 17 rings (SSSR count). The van der Waals surface area contributed by atoms with Gasteiger partial charge in [-0.15, -0.1) is 0 Å². The molecule has 13 aromatic rings. The van der Waals surface area contributed by atoms with Crippen LogP contribution < -0.4 is 16.4 Å². The lowest BCUT2D eigenvalue weighted by Crippen LogP contribution is -2.40. The molecule has 0 spiro atoms. The maximum atomic E-state index is 14.9. The average molecular weight is 1740 g/mol. The van der Waals surface area contributed by atoms with Crippen LogP contribution in [0.3, 0.4) is 0 Å². The van der Waals surface area contributed by atoms with Gasteiger partial charge in [0.05, 0.1) is 16.9 Å². The van der Waals surface area contributed by atoms with Crippen LogP contribution in [0, 0.1) is 29.5 Å². The highest BCUT2D eigenvalue weighted by molar-refractivity contribution is 6.36. The number of halogens is 3. The minimum Gasteiger partial charge on any atom is -0.327 e. The smallest absolute Gasteiger partial charge is 0.146 e. The molecule has 0 amide bonds. The van der Waals surface area contributed by atoms with Crippen molar-refractivity contribution in [3.63, 3.8) is 0 Å². The van der Waals surface area contributed by atoms with E-state index in [9.17, 15) is 28.4 Å². The molecule has 3 unspecified atom stereocenters. The molecule has 5 aromatic heterocycles. The summed E-state index contributed by atoms with van der Waals surface area (Å²) in [7, 11) is 3.93. The average Bonchev–Trinajstić information content (AvgIpc) is 1.76. The Kier molecular flexibility index (Phi) is 35.2. The monoisotopic (exact) mass is 1740 g/mol. The van der Waals surface area contributed by atoms with Gasteiger partial charge in [0.15, 0.2) is 0 Å². The Balaban J connectivity index is 0.000000136. The molecule has 8 atom stereocenters. The van der Waals surface area contributed by atoms with Crippen molar-refractivity contribution < 1.29 is 28.4 Å². The number of carbonyl (C=O) groups is 5. The second-order valence-electron chi connectivity index (χ2n) is 35.2. The Labute approximate surface area is 759 Å². The molecule has 0 radical (unpaired) electrons. The van der Waals surface area contributed by atoms with E-state index in [1.165, 1.54) is 70.6 Å². The fourth-order valence-electron chi connectivity index (χ4n) is 19.5. The van der Waals surface area contributed by atoms with Crippen molar-refractivity contribution in [1.82, 2.24) is 45.4 Å². The zero-order chi connectivity index (χ0) is 89.0. The first-order chi connectivity index (χ1) is 61.9. The van der Waals surface area contributed by atoms with Crippen molar-refractivity contribution >= 4 is 106 Å². The standard InChI is InChI=1S/C24H26N2O.C23H25FN2O.C21H25ClN2O.C21H22N2O.C20H25ClN2O/c27-24(16-19-9-10-22-17-25-12-11-21(22)15-19)23(20-7-3-1-4-8-20)18-26-13-5-2-6-14-26;1-4-26(3)16(2)22(17-8-6-5-7-9-17)21(27)14-18-10-11-19-15-25-13-12-20(19)23(18)24;22-21-15(7-8-16-13-23-11-9-17(16)21)12-19(25)20(14-4-1-2-5-14)18-6-3-10-24-18;1-22-11-10-20(17-5-3-2-4-6-17)21(24)14-16-7-8-19-15-23-12-9-18(19)13-16;1-13(22)20(14-5-3-2-4-6-14)19(24)11-16-9-15-7-8-23-12-17(15)10-18(16)21/h1,3-4,7-12,15,17,23H,2,5-6,13-14,16,18H2;5-13,15-16,22H,4,14H2,1-3H3;7-9,11,13-14,18,20,24H,1-6,10,12H2;2-9,12-13,15,20,22H,10-11,14H2,1H3;7-10,12-14,20H,2-6,11,22H2,1H3/t23-;16?,22-;18?,20-;20-;13?,20-/m11001/s1. The number of rotatable bonds is 30. The molecule has 2 aliphatic heterocycles.